The average Bonchev–Trinajstić information content (AvgIpc) is 2.39. The van der Waals surface area contributed by atoms with Crippen molar-refractivity contribution in [1.29, 1.82) is 5.26 Å². The summed E-state index contributed by atoms with van der Waals surface area (Å²) in [4.78, 5) is 4.30. The molecule has 0 amide bonds. The molecule has 4 heteroatoms. The Balaban J connectivity index is 2.93. The van der Waals surface area contributed by atoms with Crippen molar-refractivity contribution in [3.05, 3.63) is 16.7 Å². The molecule has 0 saturated carbocycles. The first-order chi connectivity index (χ1) is 6.20. The molecule has 1 heterocycles. The molecule has 0 N–H and O–H groups in total. The summed E-state index contributed by atoms with van der Waals surface area (Å²) in [6, 6.07) is 2.09. The van der Waals surface area contributed by atoms with Gasteiger partial charge in [0.2, 0.25) is 0 Å². The van der Waals surface area contributed by atoms with Crippen molar-refractivity contribution in [2.24, 2.45) is 0 Å². The first kappa shape index (κ1) is 10.1. The molecule has 1 rings (SSSR count). The molecule has 0 atom stereocenters. The number of imidazole rings is 1. The van der Waals surface area contributed by atoms with E-state index in [0.717, 1.165) is 17.9 Å². The summed E-state index contributed by atoms with van der Waals surface area (Å²) in [5.41, 5.74) is 0.914. The van der Waals surface area contributed by atoms with Crippen molar-refractivity contribution in [3.8, 4) is 6.07 Å². The maximum atomic E-state index is 8.45. The largest absolute Gasteiger partial charge is 0.318 e. The van der Waals surface area contributed by atoms with Crippen LogP contribution in [0.5, 0.6) is 0 Å². The lowest BCUT2D eigenvalue weighted by molar-refractivity contribution is 0.690. The highest BCUT2D eigenvalue weighted by Crippen LogP contribution is 2.18. The number of hydrogen-bond donors (Lipinski definition) is 0. The van der Waals surface area contributed by atoms with Crippen LogP contribution in [-0.4, -0.2) is 9.55 Å². The van der Waals surface area contributed by atoms with Gasteiger partial charge in [-0.15, -0.1) is 0 Å². The van der Waals surface area contributed by atoms with Crippen LogP contribution < -0.4 is 0 Å². The number of halogens is 1. The van der Waals surface area contributed by atoms with Crippen molar-refractivity contribution >= 4 is 11.6 Å². The zero-order valence-electron chi connectivity index (χ0n) is 7.84. The number of hydrogen-bond acceptors (Lipinski definition) is 2. The van der Waals surface area contributed by atoms with Crippen molar-refractivity contribution < 1.29 is 0 Å². The fourth-order valence-electron chi connectivity index (χ4n) is 1.25. The van der Waals surface area contributed by atoms with Crippen LogP contribution in [0.2, 0.25) is 5.15 Å². The molecule has 13 heavy (non-hydrogen) atoms. The summed E-state index contributed by atoms with van der Waals surface area (Å²) >= 11 is 6.06. The molecule has 1 aromatic rings. The highest BCUT2D eigenvalue weighted by molar-refractivity contribution is 6.30. The van der Waals surface area contributed by atoms with E-state index >= 15 is 0 Å². The van der Waals surface area contributed by atoms with Crippen LogP contribution in [0.3, 0.4) is 0 Å². The van der Waals surface area contributed by atoms with E-state index in [1.54, 1.807) is 0 Å². The summed E-state index contributed by atoms with van der Waals surface area (Å²) in [6.07, 6.45) is 1.30. The maximum Gasteiger partial charge on any atom is 0.132 e. The highest BCUT2D eigenvalue weighted by Gasteiger charge is 2.09. The number of nitriles is 1. The van der Waals surface area contributed by atoms with E-state index in [9.17, 15) is 0 Å². The van der Waals surface area contributed by atoms with Gasteiger partial charge in [-0.1, -0.05) is 18.5 Å². The Morgan fingerprint density at radius 2 is 2.31 bits per heavy atom. The average molecular weight is 198 g/mol. The minimum absolute atomic E-state index is 0.472. The van der Waals surface area contributed by atoms with Crippen LogP contribution in [0.1, 0.15) is 24.9 Å². The minimum atomic E-state index is 0.472. The molecule has 0 aliphatic carbocycles. The maximum absolute atomic E-state index is 8.45. The van der Waals surface area contributed by atoms with Gasteiger partial charge in [-0.2, -0.15) is 5.26 Å². The van der Waals surface area contributed by atoms with Gasteiger partial charge in [0, 0.05) is 6.54 Å². The summed E-state index contributed by atoms with van der Waals surface area (Å²) < 4.78 is 1.88. The van der Waals surface area contributed by atoms with Gasteiger partial charge in [0.25, 0.3) is 0 Å². The number of rotatable bonds is 3. The van der Waals surface area contributed by atoms with Crippen LogP contribution >= 0.6 is 11.6 Å². The Morgan fingerprint density at radius 1 is 1.62 bits per heavy atom. The third kappa shape index (κ3) is 2.02. The van der Waals surface area contributed by atoms with E-state index in [-0.39, 0.29) is 0 Å². The summed E-state index contributed by atoms with van der Waals surface area (Å²) in [5, 5.41) is 9.12. The predicted octanol–water partition coefficient (Wildman–Crippen LogP) is 2.32. The number of nitrogens with zero attached hydrogens (tertiary/aromatic N) is 3. The van der Waals surface area contributed by atoms with Gasteiger partial charge in [-0.05, 0) is 13.3 Å². The van der Waals surface area contributed by atoms with Crippen LogP contribution in [0.4, 0.5) is 0 Å². The van der Waals surface area contributed by atoms with Crippen molar-refractivity contribution in [3.63, 3.8) is 0 Å². The molecule has 70 valence electrons. The highest BCUT2D eigenvalue weighted by atomic mass is 35.5. The van der Waals surface area contributed by atoms with Gasteiger partial charge in [-0.3, -0.25) is 0 Å². The van der Waals surface area contributed by atoms with E-state index in [1.165, 1.54) is 0 Å². The molecule has 0 saturated heterocycles. The fourth-order valence-corrected chi connectivity index (χ4v) is 1.63. The topological polar surface area (TPSA) is 41.6 Å². The van der Waals surface area contributed by atoms with Crippen LogP contribution in [0, 0.1) is 18.3 Å². The van der Waals surface area contributed by atoms with Gasteiger partial charge < -0.3 is 4.57 Å². The zero-order valence-corrected chi connectivity index (χ0v) is 8.60. The lowest BCUT2D eigenvalue weighted by Gasteiger charge is -2.02. The summed E-state index contributed by atoms with van der Waals surface area (Å²) in [6.45, 7) is 4.55. The Kier molecular flexibility index (Phi) is 3.32. The van der Waals surface area contributed by atoms with Gasteiger partial charge in [0.15, 0.2) is 0 Å². The van der Waals surface area contributed by atoms with Gasteiger partial charge in [-0.25, -0.2) is 4.98 Å². The molecule has 0 aliphatic rings. The van der Waals surface area contributed by atoms with Crippen molar-refractivity contribution in [2.45, 2.75) is 33.2 Å². The Hall–Kier alpha value is -1.01. The van der Waals surface area contributed by atoms with E-state index in [1.807, 2.05) is 18.4 Å². The van der Waals surface area contributed by atoms with Crippen LogP contribution in [-0.2, 0) is 13.0 Å². The molecule has 0 bridgehead atoms. The van der Waals surface area contributed by atoms with Gasteiger partial charge >= 0.3 is 0 Å². The first-order valence-corrected chi connectivity index (χ1v) is 4.67. The molecule has 0 spiro atoms. The molecule has 0 aromatic carbocycles. The molecule has 0 radical (unpaired) electrons. The lowest BCUT2D eigenvalue weighted by Crippen LogP contribution is -1.99. The zero-order chi connectivity index (χ0) is 9.84. The van der Waals surface area contributed by atoms with E-state index < -0.39 is 0 Å². The molecule has 3 nitrogen and oxygen atoms in total. The first-order valence-electron chi connectivity index (χ1n) is 4.29. The fraction of sp³-hybridized carbons (Fsp3) is 0.556. The second-order valence-corrected chi connectivity index (χ2v) is 3.17. The standard InChI is InChI=1S/C9H12ClN3/c1-3-8-9(10)13(6-4-5-11)7(2)12-8/h3-4,6H2,1-2H3. The third-order valence-corrected chi connectivity index (χ3v) is 2.37. The van der Waals surface area contributed by atoms with Crippen LogP contribution in [0.25, 0.3) is 0 Å². The monoisotopic (exact) mass is 197 g/mol. The normalized spacial score (nSPS) is 10.0. The van der Waals surface area contributed by atoms with Gasteiger partial charge in [0.05, 0.1) is 18.2 Å². The van der Waals surface area contributed by atoms with E-state index in [2.05, 4.69) is 11.1 Å². The molecular weight excluding hydrogens is 186 g/mol. The molecule has 0 aliphatic heterocycles. The second kappa shape index (κ2) is 4.29. The molecule has 0 fully saturated rings. The molecule has 1 aromatic heterocycles. The van der Waals surface area contributed by atoms with E-state index in [4.69, 9.17) is 16.9 Å². The summed E-state index contributed by atoms with van der Waals surface area (Å²) in [5.74, 6) is 0.886. The Labute approximate surface area is 83.0 Å². The predicted molar refractivity (Wildman–Crippen MR) is 51.6 cm³/mol. The third-order valence-electron chi connectivity index (χ3n) is 1.94. The minimum Gasteiger partial charge on any atom is -0.318 e. The Bertz CT molecular complexity index is 335. The quantitative estimate of drug-likeness (QED) is 0.746. The van der Waals surface area contributed by atoms with Crippen molar-refractivity contribution in [2.75, 3.05) is 0 Å². The second-order valence-electron chi connectivity index (χ2n) is 2.81. The van der Waals surface area contributed by atoms with Gasteiger partial charge in [0.1, 0.15) is 11.0 Å². The Morgan fingerprint density at radius 3 is 2.77 bits per heavy atom. The van der Waals surface area contributed by atoms with E-state index in [0.29, 0.717) is 18.1 Å². The number of aromatic nitrogens is 2. The SMILES string of the molecule is CCc1nc(C)n(CCC#N)c1Cl. The number of aryl methyl sites for hydroxylation is 2. The summed E-state index contributed by atoms with van der Waals surface area (Å²) in [7, 11) is 0. The van der Waals surface area contributed by atoms with Crippen molar-refractivity contribution in [1.82, 2.24) is 9.55 Å². The molecular formula is C9H12ClN3. The lowest BCUT2D eigenvalue weighted by atomic mass is 10.4. The smallest absolute Gasteiger partial charge is 0.132 e. The molecule has 0 unspecified atom stereocenters. The van der Waals surface area contributed by atoms with Crippen LogP contribution in [0.15, 0.2) is 0 Å².